The van der Waals surface area contributed by atoms with E-state index >= 15 is 0 Å². The Hall–Kier alpha value is -4.96. The van der Waals surface area contributed by atoms with Gasteiger partial charge in [-0.3, -0.25) is 29.4 Å². The lowest BCUT2D eigenvalue weighted by atomic mass is 9.49. The zero-order chi connectivity index (χ0) is 41.2. The Morgan fingerprint density at radius 2 is 1.60 bits per heavy atom. The quantitative estimate of drug-likeness (QED) is 0.157. The Bertz CT molecular complexity index is 2070. The fourth-order valence-electron chi connectivity index (χ4n) is 9.47. The van der Waals surface area contributed by atoms with Crippen molar-refractivity contribution >= 4 is 35.2 Å². The van der Waals surface area contributed by atoms with Gasteiger partial charge in [-0.25, -0.2) is 0 Å². The number of hydrogen-bond donors (Lipinski definition) is 2. The molecular formula is C45H53ClN6O6. The summed E-state index contributed by atoms with van der Waals surface area (Å²) in [6.07, 6.45) is 3.56. The molecule has 3 aromatic rings. The van der Waals surface area contributed by atoms with Gasteiger partial charge in [0.05, 0.1) is 10.6 Å². The van der Waals surface area contributed by atoms with Gasteiger partial charge in [-0.2, -0.15) is 5.26 Å². The van der Waals surface area contributed by atoms with Crippen LogP contribution < -0.4 is 20.1 Å². The van der Waals surface area contributed by atoms with E-state index in [-0.39, 0.29) is 47.1 Å². The molecular weight excluding hydrogens is 756 g/mol. The van der Waals surface area contributed by atoms with Gasteiger partial charge in [-0.15, -0.1) is 0 Å². The highest BCUT2D eigenvalue weighted by atomic mass is 35.5. The number of imide groups is 1. The first-order valence-electron chi connectivity index (χ1n) is 20.4. The Kier molecular flexibility index (Phi) is 12.1. The molecule has 0 aromatic heterocycles. The molecule has 12 nitrogen and oxygen atoms in total. The molecule has 306 valence electrons. The van der Waals surface area contributed by atoms with E-state index < -0.39 is 11.9 Å². The van der Waals surface area contributed by atoms with E-state index in [4.69, 9.17) is 21.1 Å². The number of piperazine rings is 1. The summed E-state index contributed by atoms with van der Waals surface area (Å²) in [5, 5.41) is 15.2. The Labute approximate surface area is 345 Å². The first-order valence-corrected chi connectivity index (χ1v) is 20.7. The van der Waals surface area contributed by atoms with Crippen molar-refractivity contribution in [2.75, 3.05) is 45.9 Å². The number of nitriles is 1. The number of ether oxygens (including phenoxy) is 2. The number of benzene rings is 3. The van der Waals surface area contributed by atoms with Gasteiger partial charge < -0.3 is 24.6 Å². The maximum Gasteiger partial charge on any atom is 0.255 e. The summed E-state index contributed by atoms with van der Waals surface area (Å²) >= 11 is 6.24. The van der Waals surface area contributed by atoms with Crippen LogP contribution in [0.15, 0.2) is 60.7 Å². The summed E-state index contributed by atoms with van der Waals surface area (Å²) in [5.74, 6) is 0.342. The van der Waals surface area contributed by atoms with Crippen LogP contribution in [0.1, 0.15) is 90.8 Å². The highest BCUT2D eigenvalue weighted by molar-refractivity contribution is 6.31. The minimum atomic E-state index is -0.624. The zero-order valence-electron chi connectivity index (χ0n) is 33.8. The summed E-state index contributed by atoms with van der Waals surface area (Å²) in [6.45, 7) is 15.2. The predicted octanol–water partition coefficient (Wildman–Crippen LogP) is 5.60. The van der Waals surface area contributed by atoms with E-state index in [9.17, 15) is 24.4 Å². The number of nitrogens with one attached hydrogen (secondary N) is 2. The van der Waals surface area contributed by atoms with E-state index in [1.165, 1.54) is 5.56 Å². The Morgan fingerprint density at radius 3 is 2.28 bits per heavy atom. The van der Waals surface area contributed by atoms with Crippen molar-refractivity contribution < 1.29 is 28.7 Å². The molecule has 4 amide bonds. The number of carbonyl (C=O) groups excluding carboxylic acids is 4. The Balaban J connectivity index is 0.778. The van der Waals surface area contributed by atoms with Crippen LogP contribution in [0, 0.1) is 22.2 Å². The molecule has 3 fully saturated rings. The van der Waals surface area contributed by atoms with Crippen LogP contribution in [0.2, 0.25) is 5.02 Å². The molecule has 0 unspecified atom stereocenters. The molecule has 1 saturated carbocycles. The van der Waals surface area contributed by atoms with Crippen LogP contribution in [-0.4, -0.2) is 102 Å². The maximum atomic E-state index is 13.4. The molecule has 2 N–H and O–H groups in total. The summed E-state index contributed by atoms with van der Waals surface area (Å²) in [6, 6.07) is 19.9. The minimum Gasteiger partial charge on any atom is -0.492 e. The molecule has 13 heteroatoms. The lowest BCUT2D eigenvalue weighted by Gasteiger charge is -2.63. The monoisotopic (exact) mass is 808 g/mol. The van der Waals surface area contributed by atoms with Crippen LogP contribution in [0.3, 0.4) is 0 Å². The standard InChI is InChI=1S/C45H53ClN6O6/c1-44(2)42(45(3,4)43(44)58-34-13-12-31(27-47)36(46)26-34)49-39(54)30-10-8-29(9-11-30)7-5-6-18-50-19-21-51(22-20-50)23-24-57-33-14-15-35-32(25-33)28-52(41(35)56)37-16-17-38(53)48-40(37)55/h8-15,25-26,37,42-43H,5-7,16-24,28H2,1-4H3,(H,49,54)(H,48,53,55)/t37-,42?,43?/m0/s1. The lowest BCUT2D eigenvalue weighted by Crippen LogP contribution is -2.74. The normalized spacial score (nSPS) is 22.7. The van der Waals surface area contributed by atoms with Crippen LogP contribution in [0.5, 0.6) is 11.5 Å². The third-order valence-electron chi connectivity index (χ3n) is 12.5. The molecule has 58 heavy (non-hydrogen) atoms. The number of unbranched alkanes of at least 4 members (excludes halogenated alkanes) is 1. The summed E-state index contributed by atoms with van der Waals surface area (Å²) in [4.78, 5) is 56.7. The topological polar surface area (TPSA) is 144 Å². The van der Waals surface area contributed by atoms with Crippen LogP contribution >= 0.6 is 11.6 Å². The molecule has 0 radical (unpaired) electrons. The molecule has 2 saturated heterocycles. The number of amides is 4. The van der Waals surface area contributed by atoms with E-state index in [1.54, 1.807) is 29.2 Å². The van der Waals surface area contributed by atoms with Crippen LogP contribution in [0.4, 0.5) is 0 Å². The van der Waals surface area contributed by atoms with Gasteiger partial charge >= 0.3 is 0 Å². The van der Waals surface area contributed by atoms with E-state index in [1.807, 2.05) is 24.3 Å². The number of rotatable bonds is 14. The Morgan fingerprint density at radius 1 is 0.914 bits per heavy atom. The first-order chi connectivity index (χ1) is 27.7. The number of carbonyl (C=O) groups is 4. The molecule has 3 aromatic carbocycles. The highest BCUT2D eigenvalue weighted by Gasteiger charge is 2.64. The fraction of sp³-hybridized carbons (Fsp3) is 0.489. The molecule has 3 aliphatic heterocycles. The zero-order valence-corrected chi connectivity index (χ0v) is 34.6. The molecule has 1 aliphatic carbocycles. The lowest BCUT2D eigenvalue weighted by molar-refractivity contribution is -0.164. The van der Waals surface area contributed by atoms with Gasteiger partial charge in [0.15, 0.2) is 0 Å². The molecule has 4 aliphatic rings. The third-order valence-corrected chi connectivity index (χ3v) is 12.8. The largest absolute Gasteiger partial charge is 0.492 e. The first kappa shape index (κ1) is 41.2. The SMILES string of the molecule is CC1(C)C(NC(=O)c2ccc(CCCCN3CCN(CCOc4ccc5c(c4)CN([C@H]4CCC(=O)NC4=O)C5=O)CC3)cc2)C(C)(C)C1Oc1ccc(C#N)c(Cl)c1. The van der Waals surface area contributed by atoms with Crippen LogP contribution in [-0.2, 0) is 22.6 Å². The van der Waals surface area contributed by atoms with Crippen molar-refractivity contribution in [1.82, 2.24) is 25.3 Å². The van der Waals surface area contributed by atoms with E-state index in [0.717, 1.165) is 64.1 Å². The number of halogens is 1. The number of piperidine rings is 1. The third kappa shape index (κ3) is 8.72. The predicted molar refractivity (Wildman–Crippen MR) is 220 cm³/mol. The number of fused-ring (bicyclic) bond motifs is 1. The highest BCUT2D eigenvalue weighted by Crippen LogP contribution is 2.55. The second-order valence-electron chi connectivity index (χ2n) is 17.2. The number of aryl methyl sites for hydroxylation is 1. The van der Waals surface area contributed by atoms with Crippen molar-refractivity contribution in [3.8, 4) is 17.6 Å². The van der Waals surface area contributed by atoms with Crippen molar-refractivity contribution in [3.63, 3.8) is 0 Å². The van der Waals surface area contributed by atoms with Gasteiger partial charge in [-0.1, -0.05) is 51.4 Å². The average Bonchev–Trinajstić information content (AvgIpc) is 3.52. The second-order valence-corrected chi connectivity index (χ2v) is 17.6. The van der Waals surface area contributed by atoms with Gasteiger partial charge in [0.1, 0.15) is 36.3 Å². The van der Waals surface area contributed by atoms with Gasteiger partial charge in [-0.05, 0) is 85.8 Å². The smallest absolute Gasteiger partial charge is 0.255 e. The number of nitrogens with zero attached hydrogens (tertiary/aromatic N) is 4. The minimum absolute atomic E-state index is 0.0933. The van der Waals surface area contributed by atoms with Gasteiger partial charge in [0, 0.05) is 79.8 Å². The second kappa shape index (κ2) is 17.1. The van der Waals surface area contributed by atoms with E-state index in [2.05, 4.69) is 66.3 Å². The van der Waals surface area contributed by atoms with Crippen molar-refractivity contribution in [1.29, 1.82) is 5.26 Å². The molecule has 0 spiro atoms. The number of hydrogen-bond acceptors (Lipinski definition) is 9. The average molecular weight is 809 g/mol. The van der Waals surface area contributed by atoms with Gasteiger partial charge in [0.2, 0.25) is 11.8 Å². The van der Waals surface area contributed by atoms with E-state index in [0.29, 0.717) is 52.8 Å². The molecule has 3 heterocycles. The van der Waals surface area contributed by atoms with Crippen molar-refractivity contribution in [2.24, 2.45) is 10.8 Å². The molecule has 0 bridgehead atoms. The summed E-state index contributed by atoms with van der Waals surface area (Å²) < 4.78 is 12.4. The fourth-order valence-corrected chi connectivity index (χ4v) is 9.68. The van der Waals surface area contributed by atoms with Crippen molar-refractivity contribution in [2.45, 2.75) is 84.5 Å². The molecule has 1 atom stereocenters. The summed E-state index contributed by atoms with van der Waals surface area (Å²) in [7, 11) is 0. The summed E-state index contributed by atoms with van der Waals surface area (Å²) in [5.41, 5.74) is 3.03. The van der Waals surface area contributed by atoms with Crippen LogP contribution in [0.25, 0.3) is 0 Å². The van der Waals surface area contributed by atoms with Gasteiger partial charge in [0.25, 0.3) is 11.8 Å². The maximum absolute atomic E-state index is 13.4. The molecule has 7 rings (SSSR count). The van der Waals surface area contributed by atoms with Crippen molar-refractivity contribution in [3.05, 3.63) is 93.5 Å².